The molecule has 0 amide bonds. The van der Waals surface area contributed by atoms with Crippen LogP contribution in [0.2, 0.25) is 0 Å². The second-order valence-corrected chi connectivity index (χ2v) is 3.90. The summed E-state index contributed by atoms with van der Waals surface area (Å²) in [7, 11) is 0. The number of alkyl halides is 1. The Morgan fingerprint density at radius 3 is 2.86 bits per heavy atom. The van der Waals surface area contributed by atoms with E-state index in [9.17, 15) is 14.5 Å². The molecule has 0 fully saturated rings. The summed E-state index contributed by atoms with van der Waals surface area (Å²) in [6.45, 7) is 0. The van der Waals surface area contributed by atoms with Gasteiger partial charge in [0.25, 0.3) is 0 Å². The van der Waals surface area contributed by atoms with Crippen LogP contribution in [0, 0.1) is 15.9 Å². The van der Waals surface area contributed by atoms with Crippen molar-refractivity contribution < 1.29 is 9.31 Å². The summed E-state index contributed by atoms with van der Waals surface area (Å²) in [6, 6.07) is 4.03. The fourth-order valence-corrected chi connectivity index (χ4v) is 1.95. The third-order valence-electron chi connectivity index (χ3n) is 1.47. The van der Waals surface area contributed by atoms with Crippen LogP contribution in [-0.2, 0) is 0 Å². The molecule has 0 aliphatic rings. The summed E-state index contributed by atoms with van der Waals surface area (Å²) < 4.78 is 13.0. The number of halogens is 2. The molecule has 3 nitrogen and oxygen atoms in total. The lowest BCUT2D eigenvalue weighted by molar-refractivity contribution is -0.390. The van der Waals surface area contributed by atoms with Crippen LogP contribution in [0.5, 0.6) is 0 Å². The zero-order valence-electron chi connectivity index (χ0n) is 7.07. The van der Waals surface area contributed by atoms with Crippen LogP contribution < -0.4 is 0 Å². The lowest BCUT2D eigenvalue weighted by Crippen LogP contribution is -1.95. The van der Waals surface area contributed by atoms with Crippen molar-refractivity contribution >= 4 is 29.1 Å². The molecule has 0 aromatic heterocycles. The molecule has 14 heavy (non-hydrogen) atoms. The van der Waals surface area contributed by atoms with Crippen molar-refractivity contribution in [3.8, 4) is 0 Å². The van der Waals surface area contributed by atoms with E-state index < -0.39 is 16.4 Å². The van der Waals surface area contributed by atoms with Gasteiger partial charge in [-0.25, -0.2) is 0 Å². The van der Waals surface area contributed by atoms with Crippen LogP contribution in [0.1, 0.15) is 0 Å². The smallest absolute Gasteiger partial charge is 0.258 e. The molecular weight excluding hydrogens is 229 g/mol. The molecule has 0 bridgehead atoms. The van der Waals surface area contributed by atoms with Crippen LogP contribution in [0.4, 0.5) is 10.1 Å². The van der Waals surface area contributed by atoms with Crippen LogP contribution >= 0.6 is 23.4 Å². The Hall–Kier alpha value is -0.810. The van der Waals surface area contributed by atoms with E-state index >= 15 is 0 Å². The fraction of sp³-hybridized carbons (Fsp3) is 0.250. The summed E-state index contributed by atoms with van der Waals surface area (Å²) in [6.07, 6.45) is 0. The molecule has 0 spiro atoms. The summed E-state index contributed by atoms with van der Waals surface area (Å²) in [5, 5.41) is 10.5. The first-order valence-corrected chi connectivity index (χ1v) is 5.30. The zero-order valence-corrected chi connectivity index (χ0v) is 8.65. The van der Waals surface area contributed by atoms with Gasteiger partial charge in [0.15, 0.2) is 0 Å². The quantitative estimate of drug-likeness (QED) is 0.349. The highest BCUT2D eigenvalue weighted by Crippen LogP contribution is 2.31. The second-order valence-electron chi connectivity index (χ2n) is 2.38. The summed E-state index contributed by atoms with van der Waals surface area (Å²) in [5.41, 5.74) is -0.470. The molecule has 1 aromatic rings. The Balaban J connectivity index is 3.02. The predicted molar refractivity (Wildman–Crippen MR) is 54.5 cm³/mol. The van der Waals surface area contributed by atoms with E-state index in [1.807, 2.05) is 0 Å². The third-order valence-corrected chi connectivity index (χ3v) is 2.93. The lowest BCUT2D eigenvalue weighted by Gasteiger charge is -2.01. The molecule has 0 N–H and O–H groups in total. The summed E-state index contributed by atoms with van der Waals surface area (Å²) in [5.74, 6) is 0.0825. The molecule has 0 heterocycles. The topological polar surface area (TPSA) is 43.1 Å². The first kappa shape index (κ1) is 11.3. The average Bonchev–Trinajstić information content (AvgIpc) is 2.14. The van der Waals surface area contributed by atoms with E-state index in [0.29, 0.717) is 16.5 Å². The van der Waals surface area contributed by atoms with E-state index in [4.69, 9.17) is 11.6 Å². The highest BCUT2D eigenvalue weighted by molar-refractivity contribution is 7.99. The Labute approximate surface area is 89.4 Å². The number of nitrogens with zero attached hydrogens (tertiary/aromatic N) is 1. The molecule has 0 radical (unpaired) electrons. The fourth-order valence-electron chi connectivity index (χ4n) is 0.938. The van der Waals surface area contributed by atoms with Crippen molar-refractivity contribution in [1.82, 2.24) is 0 Å². The lowest BCUT2D eigenvalue weighted by atomic mass is 10.3. The highest BCUT2D eigenvalue weighted by Gasteiger charge is 2.19. The molecule has 0 atom stereocenters. The van der Waals surface area contributed by atoms with Crippen molar-refractivity contribution in [3.63, 3.8) is 0 Å². The van der Waals surface area contributed by atoms with Gasteiger partial charge in [0, 0.05) is 11.6 Å². The highest BCUT2D eigenvalue weighted by atomic mass is 35.5. The molecule has 0 aliphatic carbocycles. The van der Waals surface area contributed by atoms with E-state index in [1.165, 1.54) is 23.9 Å². The van der Waals surface area contributed by atoms with Crippen LogP contribution in [0.3, 0.4) is 0 Å². The van der Waals surface area contributed by atoms with Gasteiger partial charge >= 0.3 is 5.69 Å². The normalized spacial score (nSPS) is 10.1. The Bertz CT molecular complexity index is 348. The zero-order chi connectivity index (χ0) is 10.6. The van der Waals surface area contributed by atoms with Gasteiger partial charge in [-0.05, 0) is 12.1 Å². The largest absolute Gasteiger partial charge is 0.318 e. The average molecular weight is 236 g/mol. The maximum atomic E-state index is 13.0. The maximum Gasteiger partial charge on any atom is 0.318 e. The number of hydrogen-bond donors (Lipinski definition) is 0. The van der Waals surface area contributed by atoms with Gasteiger partial charge in [-0.3, -0.25) is 10.1 Å². The number of para-hydroxylation sites is 1. The van der Waals surface area contributed by atoms with Crippen LogP contribution in [0.15, 0.2) is 23.1 Å². The minimum atomic E-state index is -0.811. The molecule has 1 rings (SSSR count). The SMILES string of the molecule is O=[N+]([O-])c1c(F)cccc1SCCCl. The molecule has 6 heteroatoms. The molecule has 0 saturated carbocycles. The molecule has 0 unspecified atom stereocenters. The first-order valence-electron chi connectivity index (χ1n) is 3.78. The van der Waals surface area contributed by atoms with Crippen molar-refractivity contribution in [2.45, 2.75) is 4.90 Å². The monoisotopic (exact) mass is 235 g/mol. The number of benzene rings is 1. The van der Waals surface area contributed by atoms with E-state index in [-0.39, 0.29) is 0 Å². The number of thioether (sulfide) groups is 1. The molecule has 1 aromatic carbocycles. The Kier molecular flexibility index (Phi) is 4.16. The van der Waals surface area contributed by atoms with Crippen molar-refractivity contribution in [2.24, 2.45) is 0 Å². The van der Waals surface area contributed by atoms with Crippen molar-refractivity contribution in [1.29, 1.82) is 0 Å². The summed E-state index contributed by atoms with van der Waals surface area (Å²) >= 11 is 6.61. The minimum absolute atomic E-state index is 0.315. The summed E-state index contributed by atoms with van der Waals surface area (Å²) in [4.78, 5) is 10.1. The maximum absolute atomic E-state index is 13.0. The van der Waals surface area contributed by atoms with E-state index in [0.717, 1.165) is 6.07 Å². The van der Waals surface area contributed by atoms with Gasteiger partial charge in [0.2, 0.25) is 5.82 Å². The van der Waals surface area contributed by atoms with Gasteiger partial charge in [0.1, 0.15) is 0 Å². The van der Waals surface area contributed by atoms with Crippen LogP contribution in [-0.4, -0.2) is 16.6 Å². The number of nitro benzene ring substituents is 1. The number of rotatable bonds is 4. The molecular formula is C8H7ClFNO2S. The second kappa shape index (κ2) is 5.17. The standard InChI is InChI=1S/C8H7ClFNO2S/c9-4-5-14-7-3-1-2-6(10)8(7)11(12)13/h1-3H,4-5H2. The minimum Gasteiger partial charge on any atom is -0.258 e. The Morgan fingerprint density at radius 1 is 1.57 bits per heavy atom. The van der Waals surface area contributed by atoms with Gasteiger partial charge in [-0.1, -0.05) is 6.07 Å². The van der Waals surface area contributed by atoms with E-state index in [2.05, 4.69) is 0 Å². The van der Waals surface area contributed by atoms with Gasteiger partial charge in [-0.2, -0.15) is 4.39 Å². The molecule has 76 valence electrons. The third kappa shape index (κ3) is 2.59. The van der Waals surface area contributed by atoms with Gasteiger partial charge < -0.3 is 0 Å². The number of hydrogen-bond acceptors (Lipinski definition) is 3. The first-order chi connectivity index (χ1) is 6.66. The van der Waals surface area contributed by atoms with E-state index in [1.54, 1.807) is 0 Å². The van der Waals surface area contributed by atoms with Crippen molar-refractivity contribution in [2.75, 3.05) is 11.6 Å². The van der Waals surface area contributed by atoms with Gasteiger partial charge in [0.05, 0.1) is 9.82 Å². The number of nitro groups is 1. The molecule has 0 aliphatic heterocycles. The van der Waals surface area contributed by atoms with Gasteiger partial charge in [-0.15, -0.1) is 23.4 Å². The molecule has 0 saturated heterocycles. The van der Waals surface area contributed by atoms with Crippen molar-refractivity contribution in [3.05, 3.63) is 34.1 Å². The Morgan fingerprint density at radius 2 is 2.29 bits per heavy atom. The van der Waals surface area contributed by atoms with Crippen LogP contribution in [0.25, 0.3) is 0 Å². The predicted octanol–water partition coefficient (Wildman–Crippen LogP) is 3.06.